The maximum atomic E-state index is 12.2. The molecule has 1 aromatic rings. The van der Waals surface area contributed by atoms with Gasteiger partial charge in [0.25, 0.3) is 0 Å². The van der Waals surface area contributed by atoms with E-state index < -0.39 is 16.2 Å². The first kappa shape index (κ1) is 14.7. The fraction of sp³-hybridized carbons (Fsp3) is 0.500. The summed E-state index contributed by atoms with van der Waals surface area (Å²) in [5.74, 6) is -1.19. The van der Waals surface area contributed by atoms with Gasteiger partial charge in [0.05, 0.1) is 5.69 Å². The summed E-state index contributed by atoms with van der Waals surface area (Å²) in [5, 5.41) is 8.84. The summed E-state index contributed by atoms with van der Waals surface area (Å²) >= 11 is 0. The normalized spacial score (nSPS) is 17.4. The number of nitrogens with one attached hydrogen (secondary N) is 1. The summed E-state index contributed by atoms with van der Waals surface area (Å²) in [6.07, 6.45) is 5.02. The van der Waals surface area contributed by atoms with Crippen molar-refractivity contribution in [2.24, 2.45) is 0 Å². The van der Waals surface area contributed by atoms with E-state index in [1.54, 1.807) is 0 Å². The number of anilines is 1. The molecule has 0 unspecified atom stereocenters. The molecule has 2 N–H and O–H groups in total. The molecule has 0 spiro atoms. The summed E-state index contributed by atoms with van der Waals surface area (Å²) in [4.78, 5) is 14.5. The zero-order valence-corrected chi connectivity index (χ0v) is 11.8. The van der Waals surface area contributed by atoms with Gasteiger partial charge in [-0.15, -0.1) is 0 Å². The van der Waals surface area contributed by atoms with Gasteiger partial charge in [0.2, 0.25) is 0 Å². The van der Waals surface area contributed by atoms with E-state index in [0.717, 1.165) is 25.7 Å². The molecule has 0 aromatic carbocycles. The number of hydrogen-bond donors (Lipinski definition) is 2. The lowest BCUT2D eigenvalue weighted by molar-refractivity contribution is 0.0690. The Labute approximate surface area is 117 Å². The number of carboxylic acids is 1. The molecule has 1 aliphatic rings. The van der Waals surface area contributed by atoms with Crippen molar-refractivity contribution in [3.05, 3.63) is 24.0 Å². The van der Waals surface area contributed by atoms with E-state index in [4.69, 9.17) is 5.11 Å². The summed E-state index contributed by atoms with van der Waals surface area (Å²) in [7, 11) is -3.64. The maximum Gasteiger partial charge on any atom is 0.354 e. The molecular formula is C12H17N3O4S. The number of rotatable bonds is 4. The van der Waals surface area contributed by atoms with Crippen LogP contribution in [0, 0.1) is 0 Å². The van der Waals surface area contributed by atoms with Crippen LogP contribution in [0.2, 0.25) is 0 Å². The van der Waals surface area contributed by atoms with E-state index in [-0.39, 0.29) is 11.4 Å². The molecular weight excluding hydrogens is 282 g/mol. The molecule has 7 nitrogen and oxygen atoms in total. The third-order valence-electron chi connectivity index (χ3n) is 3.13. The smallest absolute Gasteiger partial charge is 0.354 e. The number of aromatic carboxylic acids is 1. The molecule has 0 aliphatic carbocycles. The average molecular weight is 299 g/mol. The molecule has 2 heterocycles. The number of nitrogens with zero attached hydrogens (tertiary/aromatic N) is 2. The van der Waals surface area contributed by atoms with Crippen LogP contribution in [0.5, 0.6) is 0 Å². The molecule has 0 amide bonds. The topological polar surface area (TPSA) is 99.6 Å². The van der Waals surface area contributed by atoms with E-state index in [9.17, 15) is 13.2 Å². The number of pyridine rings is 1. The lowest BCUT2D eigenvalue weighted by Crippen LogP contribution is -2.36. The Morgan fingerprint density at radius 2 is 1.90 bits per heavy atom. The van der Waals surface area contributed by atoms with E-state index in [1.807, 2.05) is 0 Å². The predicted molar refractivity (Wildman–Crippen MR) is 73.8 cm³/mol. The van der Waals surface area contributed by atoms with Gasteiger partial charge in [0, 0.05) is 19.3 Å². The second-order valence-corrected chi connectivity index (χ2v) is 6.33. The van der Waals surface area contributed by atoms with Crippen LogP contribution in [0.3, 0.4) is 0 Å². The molecule has 0 radical (unpaired) electrons. The van der Waals surface area contributed by atoms with Gasteiger partial charge in [-0.05, 0) is 25.0 Å². The molecule has 0 bridgehead atoms. The van der Waals surface area contributed by atoms with Crippen LogP contribution in [0.25, 0.3) is 0 Å². The van der Waals surface area contributed by atoms with Crippen molar-refractivity contribution in [1.82, 2.24) is 9.29 Å². The standard InChI is InChI=1S/C12H17N3O4S/c16-12(17)11-9-10(5-6-13-11)14-20(18,19)15-7-3-1-2-4-8-15/h5-6,9H,1-4,7-8H2,(H,13,14)(H,16,17). The maximum absolute atomic E-state index is 12.2. The molecule has 1 fully saturated rings. The second-order valence-electron chi connectivity index (χ2n) is 4.66. The number of carbonyl (C=O) groups is 1. The minimum atomic E-state index is -3.64. The van der Waals surface area contributed by atoms with Crippen LogP contribution in [-0.2, 0) is 10.2 Å². The summed E-state index contributed by atoms with van der Waals surface area (Å²) in [5.41, 5.74) is 0.0164. The molecule has 8 heteroatoms. The fourth-order valence-corrected chi connectivity index (χ4v) is 3.40. The molecule has 0 atom stereocenters. The largest absolute Gasteiger partial charge is 0.477 e. The van der Waals surface area contributed by atoms with Crippen molar-refractivity contribution in [3.63, 3.8) is 0 Å². The predicted octanol–water partition coefficient (Wildman–Crippen LogP) is 1.31. The Hall–Kier alpha value is -1.67. The number of carboxylic acid groups (broad SMARTS) is 1. The Kier molecular flexibility index (Phi) is 4.56. The van der Waals surface area contributed by atoms with Gasteiger partial charge >= 0.3 is 16.2 Å². The van der Waals surface area contributed by atoms with E-state index in [2.05, 4.69) is 9.71 Å². The Bertz CT molecular complexity index is 580. The van der Waals surface area contributed by atoms with Crippen LogP contribution < -0.4 is 4.72 Å². The summed E-state index contributed by atoms with van der Waals surface area (Å²) in [6.45, 7) is 0.985. The van der Waals surface area contributed by atoms with Crippen molar-refractivity contribution < 1.29 is 18.3 Å². The second kappa shape index (κ2) is 6.19. The third kappa shape index (κ3) is 3.67. The van der Waals surface area contributed by atoms with Crippen LogP contribution in [0.1, 0.15) is 36.2 Å². The molecule has 0 saturated carbocycles. The lowest BCUT2D eigenvalue weighted by atomic mass is 10.2. The van der Waals surface area contributed by atoms with Crippen LogP contribution in [-0.4, -0.2) is 41.9 Å². The first-order valence-electron chi connectivity index (χ1n) is 6.46. The zero-order chi connectivity index (χ0) is 14.6. The number of aromatic nitrogens is 1. The number of hydrogen-bond acceptors (Lipinski definition) is 4. The highest BCUT2D eigenvalue weighted by molar-refractivity contribution is 7.90. The SMILES string of the molecule is O=C(O)c1cc(NS(=O)(=O)N2CCCCCC2)ccn1. The minimum Gasteiger partial charge on any atom is -0.477 e. The van der Waals surface area contributed by atoms with E-state index >= 15 is 0 Å². The quantitative estimate of drug-likeness (QED) is 0.873. The fourth-order valence-electron chi connectivity index (χ4n) is 2.11. The first-order chi connectivity index (χ1) is 9.49. The van der Waals surface area contributed by atoms with Gasteiger partial charge in [-0.2, -0.15) is 12.7 Å². The van der Waals surface area contributed by atoms with Gasteiger partial charge < -0.3 is 5.11 Å². The first-order valence-corrected chi connectivity index (χ1v) is 7.90. The van der Waals surface area contributed by atoms with Crippen molar-refractivity contribution in [1.29, 1.82) is 0 Å². The minimum absolute atomic E-state index is 0.193. The van der Waals surface area contributed by atoms with E-state index in [0.29, 0.717) is 13.1 Å². The molecule has 20 heavy (non-hydrogen) atoms. The van der Waals surface area contributed by atoms with E-state index in [1.165, 1.54) is 22.6 Å². The molecule has 1 aliphatic heterocycles. The highest BCUT2D eigenvalue weighted by Gasteiger charge is 2.23. The lowest BCUT2D eigenvalue weighted by Gasteiger charge is -2.20. The van der Waals surface area contributed by atoms with Crippen LogP contribution in [0.4, 0.5) is 5.69 Å². The van der Waals surface area contributed by atoms with Crippen molar-refractivity contribution >= 4 is 21.9 Å². The Morgan fingerprint density at radius 3 is 2.50 bits per heavy atom. The average Bonchev–Trinajstić information content (AvgIpc) is 2.67. The van der Waals surface area contributed by atoms with Crippen molar-refractivity contribution in [2.75, 3.05) is 17.8 Å². The monoisotopic (exact) mass is 299 g/mol. The van der Waals surface area contributed by atoms with Gasteiger partial charge in [0.15, 0.2) is 0 Å². The molecule has 1 saturated heterocycles. The highest BCUT2D eigenvalue weighted by atomic mass is 32.2. The van der Waals surface area contributed by atoms with Gasteiger partial charge in [-0.3, -0.25) is 4.72 Å². The van der Waals surface area contributed by atoms with Crippen molar-refractivity contribution in [2.45, 2.75) is 25.7 Å². The van der Waals surface area contributed by atoms with Gasteiger partial charge in [-0.25, -0.2) is 9.78 Å². The van der Waals surface area contributed by atoms with Crippen molar-refractivity contribution in [3.8, 4) is 0 Å². The molecule has 110 valence electrons. The molecule has 2 rings (SSSR count). The van der Waals surface area contributed by atoms with Crippen LogP contribution in [0.15, 0.2) is 18.3 Å². The van der Waals surface area contributed by atoms with Gasteiger partial charge in [0.1, 0.15) is 5.69 Å². The Morgan fingerprint density at radius 1 is 1.25 bits per heavy atom. The highest BCUT2D eigenvalue weighted by Crippen LogP contribution is 2.16. The third-order valence-corrected chi connectivity index (χ3v) is 4.67. The Balaban J connectivity index is 2.14. The zero-order valence-electron chi connectivity index (χ0n) is 10.9. The molecule has 1 aromatic heterocycles. The summed E-state index contributed by atoms with van der Waals surface area (Å²) in [6, 6.07) is 2.64. The summed E-state index contributed by atoms with van der Waals surface area (Å²) < 4.78 is 28.3. The van der Waals surface area contributed by atoms with Gasteiger partial charge in [-0.1, -0.05) is 12.8 Å². The van der Waals surface area contributed by atoms with Crippen LogP contribution >= 0.6 is 0 Å².